The van der Waals surface area contributed by atoms with Crippen LogP contribution in [0.1, 0.15) is 19.3 Å². The van der Waals surface area contributed by atoms with Gasteiger partial charge in [0.05, 0.1) is 17.1 Å². The maximum Gasteiger partial charge on any atom is 0.235 e. The molecule has 0 aromatic heterocycles. The summed E-state index contributed by atoms with van der Waals surface area (Å²) in [5.41, 5.74) is 1.73. The summed E-state index contributed by atoms with van der Waals surface area (Å²) in [4.78, 5) is 0. The van der Waals surface area contributed by atoms with Crippen LogP contribution in [0.2, 0.25) is 0 Å². The minimum absolute atomic E-state index is 0.307. The number of para-hydroxylation sites is 2. The summed E-state index contributed by atoms with van der Waals surface area (Å²) in [5, 5.41) is 3.29. The van der Waals surface area contributed by atoms with E-state index in [0.717, 1.165) is 37.2 Å². The smallest absolute Gasteiger partial charge is 0.235 e. The highest BCUT2D eigenvalue weighted by Gasteiger charge is 2.33. The second-order valence-corrected chi connectivity index (χ2v) is 7.03. The van der Waals surface area contributed by atoms with Crippen LogP contribution in [0.25, 0.3) is 0 Å². The molecule has 1 aliphatic carbocycles. The third-order valence-electron chi connectivity index (χ3n) is 3.51. The molecule has 1 aromatic carbocycles. The van der Waals surface area contributed by atoms with Gasteiger partial charge in [-0.3, -0.25) is 4.31 Å². The Morgan fingerprint density at radius 1 is 1.28 bits per heavy atom. The number of sulfonamides is 1. The quantitative estimate of drug-likeness (QED) is 0.911. The van der Waals surface area contributed by atoms with Gasteiger partial charge < -0.3 is 5.32 Å². The van der Waals surface area contributed by atoms with Crippen LogP contribution in [0, 0.1) is 5.92 Å². The molecule has 0 saturated heterocycles. The average Bonchev–Trinajstić information content (AvgIpc) is 3.13. The third-order valence-corrected chi connectivity index (χ3v) is 5.45. The highest BCUT2D eigenvalue weighted by molar-refractivity contribution is 7.92. The van der Waals surface area contributed by atoms with Crippen molar-refractivity contribution in [3.05, 3.63) is 24.3 Å². The molecule has 0 amide bonds. The lowest BCUT2D eigenvalue weighted by Crippen LogP contribution is -2.34. The Morgan fingerprint density at radius 3 is 2.83 bits per heavy atom. The van der Waals surface area contributed by atoms with Crippen molar-refractivity contribution in [2.24, 2.45) is 5.92 Å². The van der Waals surface area contributed by atoms with Gasteiger partial charge in [0.2, 0.25) is 10.0 Å². The molecule has 1 N–H and O–H groups in total. The van der Waals surface area contributed by atoms with E-state index >= 15 is 0 Å². The van der Waals surface area contributed by atoms with Gasteiger partial charge in [0, 0.05) is 13.1 Å². The van der Waals surface area contributed by atoms with Crippen molar-refractivity contribution in [3.63, 3.8) is 0 Å². The number of rotatable bonds is 3. The molecule has 1 fully saturated rings. The minimum Gasteiger partial charge on any atom is -0.383 e. The fourth-order valence-corrected chi connectivity index (χ4v) is 4.34. The predicted octanol–water partition coefficient (Wildman–Crippen LogP) is 2.05. The molecule has 0 radical (unpaired) electrons. The zero-order chi connectivity index (χ0) is 12.6. The molecule has 0 spiro atoms. The second-order valence-electron chi connectivity index (χ2n) is 5.09. The molecule has 0 atom stereocenters. The number of nitrogens with one attached hydrogen (secondary N) is 1. The fraction of sp³-hybridized carbons (Fsp3) is 0.538. The van der Waals surface area contributed by atoms with Gasteiger partial charge in [-0.1, -0.05) is 12.1 Å². The Bertz CT molecular complexity index is 538. The number of hydrogen-bond donors (Lipinski definition) is 1. The van der Waals surface area contributed by atoms with Gasteiger partial charge in [0.15, 0.2) is 0 Å². The molecule has 98 valence electrons. The molecule has 4 nitrogen and oxygen atoms in total. The molecule has 1 aromatic rings. The lowest BCUT2D eigenvalue weighted by atomic mass is 10.2. The van der Waals surface area contributed by atoms with E-state index in [1.54, 1.807) is 4.31 Å². The van der Waals surface area contributed by atoms with E-state index in [-0.39, 0.29) is 0 Å². The summed E-state index contributed by atoms with van der Waals surface area (Å²) < 4.78 is 26.5. The summed E-state index contributed by atoms with van der Waals surface area (Å²) in [6.07, 6.45) is 2.97. The minimum atomic E-state index is -3.16. The van der Waals surface area contributed by atoms with Gasteiger partial charge in [0.1, 0.15) is 0 Å². The van der Waals surface area contributed by atoms with E-state index in [2.05, 4.69) is 5.32 Å². The normalized spacial score (nSPS) is 19.9. The maximum atomic E-state index is 12.4. The molecule has 0 bridgehead atoms. The summed E-state index contributed by atoms with van der Waals surface area (Å²) in [7, 11) is -3.16. The maximum absolute atomic E-state index is 12.4. The second kappa shape index (κ2) is 4.46. The van der Waals surface area contributed by atoms with Crippen molar-refractivity contribution < 1.29 is 8.42 Å². The standard InChI is InChI=1S/C13H18N2O2S/c16-18(17,10-11-6-7-11)15-9-3-8-14-12-4-1-2-5-13(12)15/h1-2,4-5,11,14H,3,6-10H2. The molecule has 0 unspecified atom stereocenters. The van der Waals surface area contributed by atoms with Gasteiger partial charge >= 0.3 is 0 Å². The molecule has 1 heterocycles. The Morgan fingerprint density at radius 2 is 2.06 bits per heavy atom. The van der Waals surface area contributed by atoms with E-state index in [1.807, 2.05) is 24.3 Å². The topological polar surface area (TPSA) is 49.4 Å². The van der Waals surface area contributed by atoms with Crippen molar-refractivity contribution in [1.29, 1.82) is 0 Å². The van der Waals surface area contributed by atoms with Crippen LogP contribution < -0.4 is 9.62 Å². The van der Waals surface area contributed by atoms with Crippen LogP contribution >= 0.6 is 0 Å². The van der Waals surface area contributed by atoms with Crippen LogP contribution in [0.3, 0.4) is 0 Å². The monoisotopic (exact) mass is 266 g/mol. The summed E-state index contributed by atoms with van der Waals surface area (Å²) in [6.45, 7) is 1.41. The molecule has 18 heavy (non-hydrogen) atoms. The molecule has 1 saturated carbocycles. The van der Waals surface area contributed by atoms with Crippen LogP contribution in [0.5, 0.6) is 0 Å². The summed E-state index contributed by atoms with van der Waals surface area (Å²) in [5.74, 6) is 0.694. The molecule has 1 aliphatic heterocycles. The number of anilines is 2. The summed E-state index contributed by atoms with van der Waals surface area (Å²) >= 11 is 0. The first kappa shape index (κ1) is 11.8. The Kier molecular flexibility index (Phi) is 2.93. The number of nitrogens with zero attached hydrogens (tertiary/aromatic N) is 1. The van der Waals surface area contributed by atoms with Crippen molar-refractivity contribution in [2.45, 2.75) is 19.3 Å². The lowest BCUT2D eigenvalue weighted by molar-refractivity contribution is 0.586. The molecule has 5 heteroatoms. The van der Waals surface area contributed by atoms with Crippen molar-refractivity contribution in [3.8, 4) is 0 Å². The van der Waals surface area contributed by atoms with Gasteiger partial charge in [-0.15, -0.1) is 0 Å². The van der Waals surface area contributed by atoms with E-state index in [9.17, 15) is 8.42 Å². The van der Waals surface area contributed by atoms with Crippen LogP contribution in [-0.2, 0) is 10.0 Å². The first-order valence-corrected chi connectivity index (χ1v) is 8.11. The molecular formula is C13H18N2O2S. The summed E-state index contributed by atoms with van der Waals surface area (Å²) in [6, 6.07) is 7.66. The third kappa shape index (κ3) is 2.32. The van der Waals surface area contributed by atoms with Crippen molar-refractivity contribution in [2.75, 3.05) is 28.5 Å². The zero-order valence-corrected chi connectivity index (χ0v) is 11.1. The predicted molar refractivity (Wildman–Crippen MR) is 73.4 cm³/mol. The Balaban J connectivity index is 1.95. The van der Waals surface area contributed by atoms with Crippen LogP contribution in [0.4, 0.5) is 11.4 Å². The molecule has 2 aliphatic rings. The number of hydrogen-bond acceptors (Lipinski definition) is 3. The first-order valence-electron chi connectivity index (χ1n) is 6.50. The first-order chi connectivity index (χ1) is 8.67. The van der Waals surface area contributed by atoms with Gasteiger partial charge in [-0.25, -0.2) is 8.42 Å². The lowest BCUT2D eigenvalue weighted by Gasteiger charge is -2.24. The zero-order valence-electron chi connectivity index (χ0n) is 10.3. The number of fused-ring (bicyclic) bond motifs is 1. The molecule has 3 rings (SSSR count). The highest BCUT2D eigenvalue weighted by atomic mass is 32.2. The van der Waals surface area contributed by atoms with Gasteiger partial charge in [0.25, 0.3) is 0 Å². The van der Waals surface area contributed by atoms with Crippen molar-refractivity contribution >= 4 is 21.4 Å². The van der Waals surface area contributed by atoms with E-state index in [1.165, 1.54) is 0 Å². The number of benzene rings is 1. The van der Waals surface area contributed by atoms with Crippen LogP contribution in [-0.4, -0.2) is 27.3 Å². The van der Waals surface area contributed by atoms with Crippen molar-refractivity contribution in [1.82, 2.24) is 0 Å². The van der Waals surface area contributed by atoms with Gasteiger partial charge in [-0.05, 0) is 37.3 Å². The molecular weight excluding hydrogens is 248 g/mol. The average molecular weight is 266 g/mol. The van der Waals surface area contributed by atoms with Gasteiger partial charge in [-0.2, -0.15) is 0 Å². The Labute approximate surface area is 108 Å². The highest BCUT2D eigenvalue weighted by Crippen LogP contribution is 2.35. The fourth-order valence-electron chi connectivity index (χ4n) is 2.37. The van der Waals surface area contributed by atoms with E-state index < -0.39 is 10.0 Å². The van der Waals surface area contributed by atoms with E-state index in [4.69, 9.17) is 0 Å². The largest absolute Gasteiger partial charge is 0.383 e. The van der Waals surface area contributed by atoms with Crippen LogP contribution in [0.15, 0.2) is 24.3 Å². The van der Waals surface area contributed by atoms with E-state index in [0.29, 0.717) is 18.2 Å². The SMILES string of the molecule is O=S(=O)(CC1CC1)N1CCCNc2ccccc21. The Hall–Kier alpha value is -1.23.